The summed E-state index contributed by atoms with van der Waals surface area (Å²) in [5.74, 6) is 0.143. The fourth-order valence-electron chi connectivity index (χ4n) is 1.91. The summed E-state index contributed by atoms with van der Waals surface area (Å²) in [7, 11) is 1.59. The van der Waals surface area contributed by atoms with E-state index in [4.69, 9.17) is 15.2 Å². The van der Waals surface area contributed by atoms with Gasteiger partial charge in [0.2, 0.25) is 5.91 Å². The predicted octanol–water partition coefficient (Wildman–Crippen LogP) is -1.01. The Bertz CT molecular complexity index is 325. The first-order valence-electron chi connectivity index (χ1n) is 7.32. The van der Waals surface area contributed by atoms with E-state index in [1.165, 1.54) is 0 Å². The number of hydrogen-bond acceptors (Lipinski definition) is 5. The zero-order valence-electron chi connectivity index (χ0n) is 13.2. The molecule has 0 radical (unpaired) electrons. The molecule has 8 nitrogen and oxygen atoms in total. The molecular formula is C13H28IN5O3. The molecule has 0 bridgehead atoms. The van der Waals surface area contributed by atoms with E-state index >= 15 is 0 Å². The minimum atomic E-state index is -0.162. The number of hydrogen-bond donors (Lipinski definition) is 3. The van der Waals surface area contributed by atoms with Gasteiger partial charge in [-0.3, -0.25) is 9.69 Å². The lowest BCUT2D eigenvalue weighted by Crippen LogP contribution is -2.39. The number of carbonyl (C=O) groups excluding carboxylic acids is 1. The van der Waals surface area contributed by atoms with Gasteiger partial charge in [-0.15, -0.1) is 24.0 Å². The van der Waals surface area contributed by atoms with Crippen molar-refractivity contribution in [2.75, 3.05) is 66.2 Å². The lowest BCUT2D eigenvalue weighted by Gasteiger charge is -2.26. The van der Waals surface area contributed by atoms with Crippen LogP contribution in [0, 0.1) is 0 Å². The average Bonchev–Trinajstić information content (AvgIpc) is 2.51. The van der Waals surface area contributed by atoms with Crippen LogP contribution in [0.1, 0.15) is 6.42 Å². The van der Waals surface area contributed by atoms with Gasteiger partial charge in [-0.05, 0) is 13.0 Å². The maximum absolute atomic E-state index is 11.4. The summed E-state index contributed by atoms with van der Waals surface area (Å²) < 4.78 is 10.1. The molecule has 1 amide bonds. The second-order valence-electron chi connectivity index (χ2n) is 4.78. The van der Waals surface area contributed by atoms with E-state index in [9.17, 15) is 4.79 Å². The molecule has 0 spiro atoms. The number of nitrogens with zero attached hydrogens (tertiary/aromatic N) is 2. The fraction of sp³-hybridized carbons (Fsp3) is 0.846. The number of aliphatic imine (C=N–C) groups is 1. The Hall–Kier alpha value is -0.650. The molecule has 9 heteroatoms. The van der Waals surface area contributed by atoms with Crippen LogP contribution in [-0.4, -0.2) is 83.0 Å². The Kier molecular flexibility index (Phi) is 13.6. The van der Waals surface area contributed by atoms with Crippen molar-refractivity contribution in [3.63, 3.8) is 0 Å². The molecule has 1 aliphatic rings. The Morgan fingerprint density at radius 1 is 1.32 bits per heavy atom. The predicted molar refractivity (Wildman–Crippen MR) is 96.7 cm³/mol. The van der Waals surface area contributed by atoms with Gasteiger partial charge in [-0.2, -0.15) is 0 Å². The highest BCUT2D eigenvalue weighted by molar-refractivity contribution is 14.0. The maximum atomic E-state index is 11.4. The molecule has 1 saturated heterocycles. The van der Waals surface area contributed by atoms with Gasteiger partial charge in [0.1, 0.15) is 6.54 Å². The third kappa shape index (κ3) is 11.0. The van der Waals surface area contributed by atoms with Crippen molar-refractivity contribution in [1.29, 1.82) is 0 Å². The highest BCUT2D eigenvalue weighted by Crippen LogP contribution is 1.97. The zero-order chi connectivity index (χ0) is 15.3. The standard InChI is InChI=1S/C13H27N5O3.HI/c1-20-8-4-15-12(19)11-17-13(14)16-3-2-5-18-6-9-21-10-7-18;/h2-11H2,1H3,(H,15,19)(H3,14,16,17);1H. The highest BCUT2D eigenvalue weighted by atomic mass is 127. The van der Waals surface area contributed by atoms with E-state index < -0.39 is 0 Å². The largest absolute Gasteiger partial charge is 0.383 e. The number of halogens is 1. The SMILES string of the molecule is COCCNC(=O)CN=C(N)NCCCN1CCOCC1.I. The summed E-state index contributed by atoms with van der Waals surface area (Å²) >= 11 is 0. The van der Waals surface area contributed by atoms with E-state index in [1.807, 2.05) is 0 Å². The lowest BCUT2D eigenvalue weighted by atomic mass is 10.3. The second-order valence-corrected chi connectivity index (χ2v) is 4.78. The number of methoxy groups -OCH3 is 1. The van der Waals surface area contributed by atoms with Gasteiger partial charge in [0.05, 0.1) is 19.8 Å². The summed E-state index contributed by atoms with van der Waals surface area (Å²) in [4.78, 5) is 17.7. The summed E-state index contributed by atoms with van der Waals surface area (Å²) in [5.41, 5.74) is 5.70. The Labute approximate surface area is 149 Å². The van der Waals surface area contributed by atoms with Crippen LogP contribution in [0.25, 0.3) is 0 Å². The number of rotatable bonds is 9. The molecule has 1 fully saturated rings. The van der Waals surface area contributed by atoms with Crippen LogP contribution in [0.2, 0.25) is 0 Å². The fourth-order valence-corrected chi connectivity index (χ4v) is 1.91. The average molecular weight is 429 g/mol. The molecule has 0 saturated carbocycles. The molecule has 22 heavy (non-hydrogen) atoms. The Morgan fingerprint density at radius 3 is 2.73 bits per heavy atom. The number of nitrogens with two attached hydrogens (primary N) is 1. The van der Waals surface area contributed by atoms with Crippen LogP contribution in [0.4, 0.5) is 0 Å². The summed E-state index contributed by atoms with van der Waals surface area (Å²) in [6.07, 6.45) is 0.982. The highest BCUT2D eigenvalue weighted by Gasteiger charge is 2.09. The van der Waals surface area contributed by atoms with Crippen molar-refractivity contribution in [2.45, 2.75) is 6.42 Å². The molecule has 1 rings (SSSR count). The van der Waals surface area contributed by atoms with Gasteiger partial charge in [0.15, 0.2) is 5.96 Å². The van der Waals surface area contributed by atoms with E-state index in [0.717, 1.165) is 45.8 Å². The van der Waals surface area contributed by atoms with Gasteiger partial charge >= 0.3 is 0 Å². The number of morpholine rings is 1. The van der Waals surface area contributed by atoms with Crippen molar-refractivity contribution >= 4 is 35.8 Å². The van der Waals surface area contributed by atoms with Crippen LogP contribution >= 0.6 is 24.0 Å². The molecule has 0 unspecified atom stereocenters. The van der Waals surface area contributed by atoms with Gasteiger partial charge in [0.25, 0.3) is 0 Å². The summed E-state index contributed by atoms with van der Waals surface area (Å²) in [6.45, 7) is 6.38. The first-order chi connectivity index (χ1) is 10.2. The Morgan fingerprint density at radius 2 is 2.05 bits per heavy atom. The summed E-state index contributed by atoms with van der Waals surface area (Å²) in [6, 6.07) is 0. The number of amides is 1. The second kappa shape index (κ2) is 14.0. The van der Waals surface area contributed by atoms with E-state index in [0.29, 0.717) is 19.1 Å². The molecule has 0 aliphatic carbocycles. The summed E-state index contributed by atoms with van der Waals surface area (Å²) in [5, 5.41) is 5.69. The topological polar surface area (TPSA) is 101 Å². The molecule has 1 heterocycles. The maximum Gasteiger partial charge on any atom is 0.241 e. The molecule has 0 aromatic carbocycles. The van der Waals surface area contributed by atoms with Crippen LogP contribution in [-0.2, 0) is 14.3 Å². The van der Waals surface area contributed by atoms with Gasteiger partial charge in [-0.25, -0.2) is 4.99 Å². The van der Waals surface area contributed by atoms with Crippen molar-refractivity contribution in [2.24, 2.45) is 10.7 Å². The smallest absolute Gasteiger partial charge is 0.241 e. The molecule has 0 atom stereocenters. The van der Waals surface area contributed by atoms with E-state index in [-0.39, 0.29) is 36.4 Å². The van der Waals surface area contributed by atoms with Crippen LogP contribution in [0.15, 0.2) is 4.99 Å². The lowest BCUT2D eigenvalue weighted by molar-refractivity contribution is -0.119. The van der Waals surface area contributed by atoms with E-state index in [1.54, 1.807) is 7.11 Å². The van der Waals surface area contributed by atoms with Crippen LogP contribution in [0.5, 0.6) is 0 Å². The first-order valence-corrected chi connectivity index (χ1v) is 7.32. The quantitative estimate of drug-likeness (QED) is 0.188. The van der Waals surface area contributed by atoms with Crippen molar-refractivity contribution in [3.05, 3.63) is 0 Å². The monoisotopic (exact) mass is 429 g/mol. The molecule has 0 aromatic heterocycles. The first kappa shape index (κ1) is 21.4. The van der Waals surface area contributed by atoms with Crippen molar-refractivity contribution in [1.82, 2.24) is 15.5 Å². The molecular weight excluding hydrogens is 401 g/mol. The third-order valence-electron chi connectivity index (χ3n) is 3.08. The van der Waals surface area contributed by atoms with Crippen molar-refractivity contribution in [3.8, 4) is 0 Å². The van der Waals surface area contributed by atoms with Gasteiger partial charge in [0, 0.05) is 33.3 Å². The molecule has 4 N–H and O–H groups in total. The number of carbonyl (C=O) groups is 1. The number of nitrogens with one attached hydrogen (secondary N) is 2. The van der Waals surface area contributed by atoms with Crippen LogP contribution in [0.3, 0.4) is 0 Å². The van der Waals surface area contributed by atoms with Gasteiger partial charge in [-0.1, -0.05) is 0 Å². The zero-order valence-corrected chi connectivity index (χ0v) is 15.5. The molecule has 0 aromatic rings. The molecule has 1 aliphatic heterocycles. The third-order valence-corrected chi connectivity index (χ3v) is 3.08. The minimum Gasteiger partial charge on any atom is -0.383 e. The minimum absolute atomic E-state index is 0. The normalized spacial score (nSPS) is 16.0. The Balaban J connectivity index is 0.00000441. The van der Waals surface area contributed by atoms with Gasteiger partial charge < -0.3 is 25.8 Å². The molecule has 130 valence electrons. The van der Waals surface area contributed by atoms with E-state index in [2.05, 4.69) is 20.5 Å². The van der Waals surface area contributed by atoms with Crippen molar-refractivity contribution < 1.29 is 14.3 Å². The number of ether oxygens (including phenoxy) is 2. The number of guanidine groups is 1. The van der Waals surface area contributed by atoms with Crippen LogP contribution < -0.4 is 16.4 Å².